The molecule has 4 heterocycles. The van der Waals surface area contributed by atoms with E-state index in [0.29, 0.717) is 32.0 Å². The fraction of sp³-hybridized carbons (Fsp3) is 0.541. The van der Waals surface area contributed by atoms with Gasteiger partial charge in [-0.25, -0.2) is 9.52 Å². The summed E-state index contributed by atoms with van der Waals surface area (Å²) in [6.45, 7) is 1.51. The molecule has 1 aromatic heterocycles. The Balaban J connectivity index is 1.26. The van der Waals surface area contributed by atoms with Gasteiger partial charge in [-0.05, 0) is 73.1 Å². The van der Waals surface area contributed by atoms with Crippen LogP contribution in [-0.2, 0) is 21.5 Å². The van der Waals surface area contributed by atoms with Crippen molar-refractivity contribution in [3.63, 3.8) is 0 Å². The smallest absolute Gasteiger partial charge is 0.319 e. The Hall–Kier alpha value is -4.10. The van der Waals surface area contributed by atoms with Crippen LogP contribution in [-0.4, -0.2) is 110 Å². The van der Waals surface area contributed by atoms with E-state index in [0.717, 1.165) is 69.9 Å². The first-order valence-corrected chi connectivity index (χ1v) is 19.2. The van der Waals surface area contributed by atoms with Crippen molar-refractivity contribution in [3.05, 3.63) is 53.1 Å². The van der Waals surface area contributed by atoms with Crippen molar-refractivity contribution >= 4 is 39.0 Å². The molecule has 3 aromatic rings. The number of hydrogen-bond donors (Lipinski definition) is 1. The van der Waals surface area contributed by atoms with Gasteiger partial charge in [-0.15, -0.1) is 0 Å². The Morgan fingerprint density at radius 2 is 1.68 bits per heavy atom. The van der Waals surface area contributed by atoms with Crippen LogP contribution in [0.5, 0.6) is 5.75 Å². The second kappa shape index (κ2) is 11.7. The van der Waals surface area contributed by atoms with Crippen molar-refractivity contribution in [2.24, 2.45) is 5.41 Å². The highest BCUT2D eigenvalue weighted by molar-refractivity contribution is 7.87. The number of aromatic nitrogens is 1. The molecule has 50 heavy (non-hydrogen) atoms. The number of benzene rings is 2. The number of piperidine rings is 1. The second-order valence-electron chi connectivity index (χ2n) is 15.3. The topological polar surface area (TPSA) is 124 Å². The largest absolute Gasteiger partial charge is 0.497 e. The predicted octanol–water partition coefficient (Wildman–Crippen LogP) is 4.35. The first kappa shape index (κ1) is 33.1. The van der Waals surface area contributed by atoms with Crippen LogP contribution in [0.15, 0.2) is 36.4 Å². The van der Waals surface area contributed by atoms with Crippen LogP contribution in [0.1, 0.15) is 78.3 Å². The summed E-state index contributed by atoms with van der Waals surface area (Å²) in [5.41, 5.74) is 4.93. The van der Waals surface area contributed by atoms with Gasteiger partial charge in [-0.2, -0.15) is 12.7 Å². The number of piperazine rings is 1. The summed E-state index contributed by atoms with van der Waals surface area (Å²) in [5, 5.41) is 1.04. The highest BCUT2D eigenvalue weighted by Gasteiger charge is 2.66. The fourth-order valence-electron chi connectivity index (χ4n) is 9.33. The van der Waals surface area contributed by atoms with Crippen LogP contribution in [0.2, 0.25) is 0 Å². The molecule has 3 aliphatic heterocycles. The molecule has 8 rings (SSSR count). The van der Waals surface area contributed by atoms with Crippen molar-refractivity contribution in [1.82, 2.24) is 28.3 Å². The van der Waals surface area contributed by atoms with E-state index < -0.39 is 21.5 Å². The van der Waals surface area contributed by atoms with Gasteiger partial charge in [0.15, 0.2) is 0 Å². The molecular weight excluding hydrogens is 657 g/mol. The third-order valence-corrected chi connectivity index (χ3v) is 13.4. The number of urea groups is 1. The van der Waals surface area contributed by atoms with E-state index in [9.17, 15) is 22.8 Å². The summed E-state index contributed by atoms with van der Waals surface area (Å²) in [5.74, 6) is 0.499. The summed E-state index contributed by atoms with van der Waals surface area (Å²) in [7, 11) is 3.94. The monoisotopic (exact) mass is 702 g/mol. The number of methoxy groups -OCH3 is 1. The van der Waals surface area contributed by atoms with Gasteiger partial charge in [0.1, 0.15) is 5.75 Å². The SMILES string of the molecule is COc1ccc2c(c1)C1C[C@@]1(C(=O)N1[C@@H]3C[C@H]1CN(C(=O)N(C)C)C3)Cn1c-2c(C2CCCCC2)c2ccc(C(=O)NS(=O)(=O)N(C)C)cc21. The maximum absolute atomic E-state index is 15.0. The first-order chi connectivity index (χ1) is 23.8. The molecule has 13 heteroatoms. The van der Waals surface area contributed by atoms with Crippen LogP contribution in [0.25, 0.3) is 22.2 Å². The zero-order valence-corrected chi connectivity index (χ0v) is 30.3. The van der Waals surface area contributed by atoms with Gasteiger partial charge in [0.25, 0.3) is 5.91 Å². The Morgan fingerprint density at radius 1 is 0.960 bits per heavy atom. The lowest BCUT2D eigenvalue weighted by Crippen LogP contribution is -2.72. The second-order valence-corrected chi connectivity index (χ2v) is 17.2. The molecule has 2 saturated heterocycles. The Morgan fingerprint density at radius 3 is 2.34 bits per heavy atom. The molecule has 4 fully saturated rings. The number of nitrogens with zero attached hydrogens (tertiary/aromatic N) is 5. The molecule has 2 aliphatic carbocycles. The molecule has 1 N–H and O–H groups in total. The lowest BCUT2D eigenvalue weighted by atomic mass is 9.81. The van der Waals surface area contributed by atoms with Gasteiger partial charge in [-0.1, -0.05) is 25.3 Å². The molecule has 2 aromatic carbocycles. The normalized spacial score (nSPS) is 25.6. The van der Waals surface area contributed by atoms with Gasteiger partial charge in [0, 0.05) is 75.8 Å². The van der Waals surface area contributed by atoms with Crippen molar-refractivity contribution in [3.8, 4) is 17.0 Å². The maximum Gasteiger partial charge on any atom is 0.319 e. The molecule has 4 atom stereocenters. The van der Waals surface area contributed by atoms with Crippen LogP contribution in [0, 0.1) is 5.41 Å². The van der Waals surface area contributed by atoms with Crippen molar-refractivity contribution in [2.45, 2.75) is 75.4 Å². The van der Waals surface area contributed by atoms with Crippen molar-refractivity contribution in [2.75, 3.05) is 48.4 Å². The van der Waals surface area contributed by atoms with Crippen molar-refractivity contribution in [1.29, 1.82) is 0 Å². The summed E-state index contributed by atoms with van der Waals surface area (Å²) in [6, 6.07) is 11.7. The van der Waals surface area contributed by atoms with Gasteiger partial charge in [0.2, 0.25) is 5.91 Å². The van der Waals surface area contributed by atoms with Crippen LogP contribution >= 0.6 is 0 Å². The average Bonchev–Trinajstić information content (AvgIpc) is 3.77. The van der Waals surface area contributed by atoms with E-state index in [1.54, 1.807) is 38.2 Å². The van der Waals surface area contributed by atoms with Crippen LogP contribution in [0.3, 0.4) is 0 Å². The van der Waals surface area contributed by atoms with Gasteiger partial charge in [-0.3, -0.25) is 9.59 Å². The van der Waals surface area contributed by atoms with Gasteiger partial charge in [0.05, 0.1) is 30.3 Å². The number of hydrogen-bond acceptors (Lipinski definition) is 6. The number of amides is 4. The minimum Gasteiger partial charge on any atom is -0.497 e. The third kappa shape index (κ3) is 5.02. The minimum atomic E-state index is -3.99. The first-order valence-electron chi connectivity index (χ1n) is 17.7. The zero-order valence-electron chi connectivity index (χ0n) is 29.4. The Kier molecular flexibility index (Phi) is 7.76. The number of carbonyl (C=O) groups excluding carboxylic acids is 3. The summed E-state index contributed by atoms with van der Waals surface area (Å²) in [6.07, 6.45) is 7.21. The third-order valence-electron chi connectivity index (χ3n) is 12.0. The van der Waals surface area contributed by atoms with Gasteiger partial charge >= 0.3 is 16.2 Å². The summed E-state index contributed by atoms with van der Waals surface area (Å²) >= 11 is 0. The highest BCUT2D eigenvalue weighted by Crippen LogP contribution is 2.67. The highest BCUT2D eigenvalue weighted by atomic mass is 32.2. The van der Waals surface area contributed by atoms with E-state index in [2.05, 4.69) is 26.3 Å². The number of nitrogens with one attached hydrogen (secondary N) is 1. The number of fused-ring (bicyclic) bond motifs is 9. The van der Waals surface area contributed by atoms with E-state index in [1.807, 2.05) is 17.0 Å². The van der Waals surface area contributed by atoms with Crippen LogP contribution < -0.4 is 9.46 Å². The maximum atomic E-state index is 15.0. The quantitative estimate of drug-likeness (QED) is 0.408. The molecule has 4 amide bonds. The summed E-state index contributed by atoms with van der Waals surface area (Å²) in [4.78, 5) is 46.7. The van der Waals surface area contributed by atoms with E-state index in [1.165, 1.54) is 26.1 Å². The molecule has 0 radical (unpaired) electrons. The molecule has 0 spiro atoms. The molecule has 1 unspecified atom stereocenters. The molecular formula is C37H46N6O6S. The molecule has 266 valence electrons. The Labute approximate surface area is 293 Å². The molecule has 2 bridgehead atoms. The Bertz CT molecular complexity index is 2020. The van der Waals surface area contributed by atoms with E-state index in [4.69, 9.17) is 4.74 Å². The van der Waals surface area contributed by atoms with Crippen LogP contribution in [0.4, 0.5) is 4.79 Å². The van der Waals surface area contributed by atoms with E-state index >= 15 is 0 Å². The number of rotatable bonds is 6. The number of carbonyl (C=O) groups is 3. The molecule has 2 saturated carbocycles. The zero-order chi connectivity index (χ0) is 35.3. The average molecular weight is 703 g/mol. The lowest BCUT2D eigenvalue weighted by molar-refractivity contribution is -0.159. The fourth-order valence-corrected chi connectivity index (χ4v) is 9.86. The molecule has 5 aliphatic rings. The predicted molar refractivity (Wildman–Crippen MR) is 189 cm³/mol. The lowest BCUT2D eigenvalue weighted by Gasteiger charge is -2.57. The summed E-state index contributed by atoms with van der Waals surface area (Å²) < 4.78 is 36.4. The van der Waals surface area contributed by atoms with Gasteiger partial charge < -0.3 is 24.0 Å². The standard InChI is InChI=1S/C37H46N6O6S/c1-39(2)36(46)41-19-24-16-25(20-41)43(24)35(45)37-18-30(37)29-17-26(49-5)12-14-27(29)33-32(22-9-7-6-8-10-22)28-13-11-23(15-31(28)42(33)21-37)34(44)38-50(47,48)40(3)4/h11-15,17,22,24-25,30H,6-10,16,18-21H2,1-5H3,(H,38,44)/t24-,25+,30?,37-/m1/s1. The number of ether oxygens (including phenoxy) is 1. The minimum absolute atomic E-state index is 0.00759. The van der Waals surface area contributed by atoms with Crippen molar-refractivity contribution < 1.29 is 27.5 Å². The number of likely N-dealkylation sites (tertiary alicyclic amines) is 2. The molecule has 12 nitrogen and oxygen atoms in total. The van der Waals surface area contributed by atoms with E-state index in [-0.39, 0.29) is 35.5 Å².